The summed E-state index contributed by atoms with van der Waals surface area (Å²) < 4.78 is 7.08. The Morgan fingerprint density at radius 1 is 0.582 bits per heavy atom. The van der Waals surface area contributed by atoms with Crippen LogP contribution in [0.1, 0.15) is 137 Å². The van der Waals surface area contributed by atoms with Gasteiger partial charge in [0.2, 0.25) is 23.6 Å². The number of ketones is 2. The summed E-state index contributed by atoms with van der Waals surface area (Å²) in [5.74, 6) is -0.00819. The monoisotopic (exact) mass is 1300 g/mol. The Hall–Kier alpha value is -9.40. The van der Waals surface area contributed by atoms with E-state index < -0.39 is 12.1 Å². The maximum absolute atomic E-state index is 14.1. The smallest absolute Gasteiger partial charge is 0.248 e. The van der Waals surface area contributed by atoms with Gasteiger partial charge >= 0.3 is 0 Å². The largest absolute Gasteiger partial charge is 0.325 e. The van der Waals surface area contributed by atoms with Gasteiger partial charge in [-0.15, -0.1) is 0 Å². The van der Waals surface area contributed by atoms with Crippen LogP contribution < -0.4 is 10.6 Å². The van der Waals surface area contributed by atoms with Crippen LogP contribution in [0.3, 0.4) is 0 Å². The Labute approximate surface area is 534 Å². The van der Waals surface area contributed by atoms with Gasteiger partial charge in [-0.2, -0.15) is 20.4 Å². The molecule has 6 atom stereocenters. The number of pyridine rings is 4. The minimum absolute atomic E-state index is 0.114. The van der Waals surface area contributed by atoms with E-state index in [0.717, 1.165) is 29.7 Å². The second-order valence-corrected chi connectivity index (χ2v) is 24.7. The van der Waals surface area contributed by atoms with Gasteiger partial charge in [-0.3, -0.25) is 57.5 Å². The van der Waals surface area contributed by atoms with Crippen molar-refractivity contribution in [2.24, 2.45) is 10.8 Å². The normalized spacial score (nSPS) is 19.9. The van der Waals surface area contributed by atoms with Gasteiger partial charge in [-0.1, -0.05) is 65.5 Å². The van der Waals surface area contributed by atoms with Crippen molar-refractivity contribution in [2.45, 2.75) is 171 Å². The Kier molecular flexibility index (Phi) is 19.4. The summed E-state index contributed by atoms with van der Waals surface area (Å²) in [6.07, 6.45) is 22.1. The molecule has 4 fully saturated rings. The molecule has 0 spiro atoms. The fourth-order valence-corrected chi connectivity index (χ4v) is 12.2. The molecule has 26 nitrogen and oxygen atoms in total. The number of piperidine rings is 2. The van der Waals surface area contributed by atoms with E-state index in [4.69, 9.17) is 0 Å². The Balaban J connectivity index is 0.000000181. The van der Waals surface area contributed by atoms with E-state index >= 15 is 0 Å². The number of anilines is 2. The molecular formula is C64H75BrN20O6. The third kappa shape index (κ3) is 14.0. The summed E-state index contributed by atoms with van der Waals surface area (Å²) >= 11 is 3.37. The van der Waals surface area contributed by atoms with Crippen molar-refractivity contribution in [1.82, 2.24) is 88.8 Å². The number of carbonyl (C=O) groups is 6. The van der Waals surface area contributed by atoms with Gasteiger partial charge in [0.05, 0.1) is 42.2 Å². The molecule has 4 amide bonds. The molecule has 2 saturated carbocycles. The summed E-state index contributed by atoms with van der Waals surface area (Å²) in [7, 11) is 0. The zero-order valence-electron chi connectivity index (χ0n) is 52.8. The Bertz CT molecular complexity index is 4140. The van der Waals surface area contributed by atoms with Gasteiger partial charge in [-0.25, -0.2) is 29.9 Å². The van der Waals surface area contributed by atoms with E-state index in [1.165, 1.54) is 61.5 Å². The van der Waals surface area contributed by atoms with E-state index in [1.807, 2.05) is 39.0 Å². The second kappa shape index (κ2) is 27.4. The number of halogens is 1. The summed E-state index contributed by atoms with van der Waals surface area (Å²) in [5.41, 5.74) is 4.78. The van der Waals surface area contributed by atoms with Crippen LogP contribution in [0.15, 0.2) is 97.3 Å². The minimum Gasteiger partial charge on any atom is -0.325 e. The number of aryl methyl sites for hydroxylation is 4. The number of rotatable bonds is 17. The first kappa shape index (κ1) is 64.6. The van der Waals surface area contributed by atoms with E-state index in [-0.39, 0.29) is 76.9 Å². The molecule has 0 bridgehead atoms. The Morgan fingerprint density at radius 2 is 1.08 bits per heavy atom. The van der Waals surface area contributed by atoms with Gasteiger partial charge < -0.3 is 20.4 Å². The molecule has 4 aliphatic rings. The van der Waals surface area contributed by atoms with Crippen LogP contribution >= 0.6 is 15.9 Å². The fourth-order valence-electron chi connectivity index (χ4n) is 11.9. The number of amides is 4. The molecule has 13 rings (SSSR count). The average molecular weight is 1300 g/mol. The quantitative estimate of drug-likeness (QED) is 0.0636. The lowest BCUT2D eigenvalue weighted by Crippen LogP contribution is -2.47. The van der Waals surface area contributed by atoms with Crippen LogP contribution in [-0.4, -0.2) is 148 Å². The maximum atomic E-state index is 14.1. The number of aromatic nitrogens is 16. The SMILES string of the molecule is CC(=O)c1nn(CC(=O)N2[C@H](C(=O)Nc3nc(Br)ccc3C)C[C@@]3(Cn4cncn4)C[C@@H]23)c2cnc(-c3cnc(C)nc3)cc12.CC(=O)c1nn(CC(=O)N2[C@H](C(=O)Nc3nc(C)ccc3C)C[C@@]3(Cn4cncn4)C[C@@H]23)c2cnccc12.CCCC.CCCC. The second-order valence-electron chi connectivity index (χ2n) is 23.9. The number of Topliss-reactive ketones (excluding diaryl/α,β-unsaturated/α-hetero) is 2. The molecule has 0 aromatic carbocycles. The lowest BCUT2D eigenvalue weighted by molar-refractivity contribution is -0.138. The molecule has 9 aromatic rings. The van der Waals surface area contributed by atoms with E-state index in [1.54, 1.807) is 87.9 Å². The van der Waals surface area contributed by atoms with Gasteiger partial charge in [0.15, 0.2) is 11.6 Å². The zero-order chi connectivity index (χ0) is 64.9. The maximum Gasteiger partial charge on any atom is 0.248 e. The van der Waals surface area contributed by atoms with Gasteiger partial charge in [-0.05, 0) is 105 Å². The molecule has 11 heterocycles. The van der Waals surface area contributed by atoms with Crippen molar-refractivity contribution in [3.63, 3.8) is 0 Å². The van der Waals surface area contributed by atoms with Crippen LogP contribution in [0.25, 0.3) is 33.1 Å². The summed E-state index contributed by atoms with van der Waals surface area (Å²) in [6.45, 7) is 19.8. The van der Waals surface area contributed by atoms with Crippen LogP contribution in [0.4, 0.5) is 11.6 Å². The molecular weight excluding hydrogens is 1220 g/mol. The standard InChI is InChI=1S/C30H28BrN11O3.C26H27N9O3.2C4H10/c1-16-4-5-25(31)37-28(16)38-29(45)22-7-30(13-40-15-32-14-36-40)8-24(30)42(22)26(44)12-41-23-11-35-21(19-9-33-18(3)34-10-19)6-20(23)27(39-41)17(2)43;1-15-4-5-16(2)30-24(15)31-25(38)19-8-26(12-33-14-28-13-29-33)9-21(26)35(19)22(37)11-34-20-10-27-7-6-18(20)23(32-34)17(3)36;2*1-3-4-2/h4-6,9-11,14-15,22,24H,7-8,12-13H2,1-3H3,(H,37,38,45);4-7,10,13-14,19,21H,8-9,11-12H2,1-3H3,(H,30,31,38);2*3-4H2,1-2H3/t22-,24+,30-;19-,21+,26-;;/m00../s1. The van der Waals surface area contributed by atoms with Crippen molar-refractivity contribution < 1.29 is 28.8 Å². The van der Waals surface area contributed by atoms with Crippen LogP contribution in [0.2, 0.25) is 0 Å². The third-order valence-corrected chi connectivity index (χ3v) is 17.6. The highest BCUT2D eigenvalue weighted by Crippen LogP contribution is 2.62. The van der Waals surface area contributed by atoms with Crippen LogP contribution in [-0.2, 0) is 45.4 Å². The average Bonchev–Trinajstić information content (AvgIpc) is 1.54. The van der Waals surface area contributed by atoms with Crippen LogP contribution in [0.5, 0.6) is 0 Å². The lowest BCUT2D eigenvalue weighted by atomic mass is 9.99. The van der Waals surface area contributed by atoms with Gasteiger partial charge in [0.1, 0.15) is 83.9 Å². The molecule has 0 radical (unpaired) electrons. The molecule has 91 heavy (non-hydrogen) atoms. The first-order valence-corrected chi connectivity index (χ1v) is 31.4. The lowest BCUT2D eigenvalue weighted by Gasteiger charge is -2.27. The number of unbranched alkanes of at least 4 members (excludes halogenated alkanes) is 2. The first-order chi connectivity index (χ1) is 43.7. The van der Waals surface area contributed by atoms with Crippen molar-refractivity contribution in [3.05, 3.63) is 131 Å². The fraction of sp³-hybridized carbons (Fsp3) is 0.438. The van der Waals surface area contributed by atoms with Gasteiger partial charge in [0.25, 0.3) is 0 Å². The molecule has 0 unspecified atom stereocenters. The molecule has 2 saturated heterocycles. The van der Waals surface area contributed by atoms with Crippen molar-refractivity contribution in [2.75, 3.05) is 10.6 Å². The first-order valence-electron chi connectivity index (χ1n) is 30.6. The predicted molar refractivity (Wildman–Crippen MR) is 342 cm³/mol. The molecule has 9 aromatic heterocycles. The highest BCUT2D eigenvalue weighted by molar-refractivity contribution is 9.10. The summed E-state index contributed by atoms with van der Waals surface area (Å²) in [6, 6.07) is 9.23. The van der Waals surface area contributed by atoms with E-state index in [0.29, 0.717) is 86.8 Å². The van der Waals surface area contributed by atoms with Crippen molar-refractivity contribution in [3.8, 4) is 11.3 Å². The van der Waals surface area contributed by atoms with Crippen molar-refractivity contribution >= 4 is 84.6 Å². The van der Waals surface area contributed by atoms with E-state index in [9.17, 15) is 28.8 Å². The zero-order valence-corrected chi connectivity index (χ0v) is 54.4. The highest BCUT2D eigenvalue weighted by atomic mass is 79.9. The number of fused-ring (bicyclic) bond motifs is 4. The number of hydrogen-bond donors (Lipinski definition) is 2. The minimum atomic E-state index is -0.736. The number of hydrogen-bond acceptors (Lipinski definition) is 18. The number of likely N-dealkylation sites (tertiary alicyclic amines) is 2. The van der Waals surface area contributed by atoms with Crippen molar-refractivity contribution in [1.29, 1.82) is 0 Å². The Morgan fingerprint density at radius 3 is 1.57 bits per heavy atom. The third-order valence-electron chi connectivity index (χ3n) is 17.2. The van der Waals surface area contributed by atoms with Crippen LogP contribution in [0, 0.1) is 38.5 Å². The molecule has 2 aliphatic carbocycles. The number of nitrogens with zero attached hydrogens (tertiary/aromatic N) is 18. The molecule has 27 heteroatoms. The highest BCUT2D eigenvalue weighted by Gasteiger charge is 2.68. The number of nitrogens with one attached hydrogen (secondary N) is 2. The summed E-state index contributed by atoms with van der Waals surface area (Å²) in [4.78, 5) is 118. The molecule has 2 N–H and O–H groups in total. The predicted octanol–water partition coefficient (Wildman–Crippen LogP) is 8.70. The topological polar surface area (TPSA) is 307 Å². The summed E-state index contributed by atoms with van der Waals surface area (Å²) in [5, 5.41) is 24.6. The molecule has 2 aliphatic heterocycles. The van der Waals surface area contributed by atoms with Gasteiger partial charge in [0, 0.05) is 77.4 Å². The van der Waals surface area contributed by atoms with E-state index in [2.05, 4.69) is 115 Å². The molecule has 474 valence electrons. The number of carbonyl (C=O) groups excluding carboxylic acids is 6.